The van der Waals surface area contributed by atoms with E-state index in [1.54, 1.807) is 54.6 Å². The number of hydrogen-bond donors (Lipinski definition) is 0. The van der Waals surface area contributed by atoms with Gasteiger partial charge in [0, 0.05) is 22.2 Å². The van der Waals surface area contributed by atoms with E-state index in [0.717, 1.165) is 10.6 Å². The third-order valence-electron chi connectivity index (χ3n) is 3.93. The fourth-order valence-electron chi connectivity index (χ4n) is 2.69. The molecule has 0 bridgehead atoms. The molecular formula is C19H11ClF3N3. The highest BCUT2D eigenvalue weighted by Crippen LogP contribution is 2.33. The maximum absolute atomic E-state index is 13.6. The van der Waals surface area contributed by atoms with E-state index in [-0.39, 0.29) is 11.3 Å². The lowest BCUT2D eigenvalue weighted by Crippen LogP contribution is -2.13. The lowest BCUT2D eigenvalue weighted by Gasteiger charge is -2.10. The van der Waals surface area contributed by atoms with Gasteiger partial charge in [0.25, 0.3) is 0 Å². The van der Waals surface area contributed by atoms with Crippen molar-refractivity contribution < 1.29 is 13.2 Å². The standard InChI is InChI=1S/C19H11ClF3N3/c20-14-8-6-13(7-9-14)16-11-18-24-15(12-4-2-1-3-5-12)10-17(19(21,22)23)26(18)25-16/h1-11H. The van der Waals surface area contributed by atoms with E-state index in [2.05, 4.69) is 10.1 Å². The van der Waals surface area contributed by atoms with Crippen LogP contribution in [-0.4, -0.2) is 14.6 Å². The van der Waals surface area contributed by atoms with E-state index in [9.17, 15) is 13.2 Å². The fourth-order valence-corrected chi connectivity index (χ4v) is 2.82. The van der Waals surface area contributed by atoms with Gasteiger partial charge in [0.15, 0.2) is 11.3 Å². The summed E-state index contributed by atoms with van der Waals surface area (Å²) in [4.78, 5) is 4.36. The molecule has 0 N–H and O–H groups in total. The van der Waals surface area contributed by atoms with E-state index in [4.69, 9.17) is 11.6 Å². The van der Waals surface area contributed by atoms with Crippen LogP contribution in [0.25, 0.3) is 28.2 Å². The summed E-state index contributed by atoms with van der Waals surface area (Å²) in [6.07, 6.45) is -4.56. The van der Waals surface area contributed by atoms with Gasteiger partial charge in [-0.15, -0.1) is 0 Å². The van der Waals surface area contributed by atoms with Crippen molar-refractivity contribution in [2.24, 2.45) is 0 Å². The first-order chi connectivity index (χ1) is 12.4. The van der Waals surface area contributed by atoms with E-state index in [1.165, 1.54) is 6.07 Å². The van der Waals surface area contributed by atoms with Crippen molar-refractivity contribution in [3.05, 3.63) is 77.4 Å². The number of rotatable bonds is 2. The zero-order chi connectivity index (χ0) is 18.3. The number of benzene rings is 2. The van der Waals surface area contributed by atoms with Gasteiger partial charge < -0.3 is 0 Å². The normalized spacial score (nSPS) is 11.8. The lowest BCUT2D eigenvalue weighted by molar-refractivity contribution is -0.142. The number of nitrogens with zero attached hydrogens (tertiary/aromatic N) is 3. The summed E-state index contributed by atoms with van der Waals surface area (Å²) in [6.45, 7) is 0. The second-order valence-corrected chi connectivity index (χ2v) is 6.13. The molecule has 130 valence electrons. The van der Waals surface area contributed by atoms with Gasteiger partial charge in [0.1, 0.15) is 0 Å². The molecule has 0 fully saturated rings. The van der Waals surface area contributed by atoms with Crippen LogP contribution in [0.15, 0.2) is 66.7 Å². The van der Waals surface area contributed by atoms with Crippen LogP contribution in [0, 0.1) is 0 Å². The number of fused-ring (bicyclic) bond motifs is 1. The summed E-state index contributed by atoms with van der Waals surface area (Å²) >= 11 is 5.86. The Hall–Kier alpha value is -2.86. The molecule has 0 radical (unpaired) electrons. The van der Waals surface area contributed by atoms with Crippen LogP contribution in [-0.2, 0) is 6.18 Å². The largest absolute Gasteiger partial charge is 0.433 e. The smallest absolute Gasteiger partial charge is 0.228 e. The van der Waals surface area contributed by atoms with E-state index < -0.39 is 11.9 Å². The fraction of sp³-hybridized carbons (Fsp3) is 0.0526. The molecule has 0 atom stereocenters. The molecule has 0 unspecified atom stereocenters. The summed E-state index contributed by atoms with van der Waals surface area (Å²) < 4.78 is 41.5. The van der Waals surface area contributed by atoms with Gasteiger partial charge in [-0.05, 0) is 18.2 Å². The number of aromatic nitrogens is 3. The Morgan fingerprint density at radius 2 is 1.46 bits per heavy atom. The highest BCUT2D eigenvalue weighted by atomic mass is 35.5. The van der Waals surface area contributed by atoms with Gasteiger partial charge in [-0.25, -0.2) is 9.50 Å². The molecule has 0 amide bonds. The molecule has 26 heavy (non-hydrogen) atoms. The van der Waals surface area contributed by atoms with Crippen molar-refractivity contribution in [1.29, 1.82) is 0 Å². The quantitative estimate of drug-likeness (QED) is 0.449. The number of alkyl halides is 3. The van der Waals surface area contributed by atoms with Crippen molar-refractivity contribution in [1.82, 2.24) is 14.6 Å². The first kappa shape index (κ1) is 16.6. The molecule has 0 aliphatic heterocycles. The molecule has 0 saturated heterocycles. The third-order valence-corrected chi connectivity index (χ3v) is 4.18. The Balaban J connectivity index is 1.94. The van der Waals surface area contributed by atoms with Gasteiger partial charge in [-0.3, -0.25) is 0 Å². The second-order valence-electron chi connectivity index (χ2n) is 5.70. The van der Waals surface area contributed by atoms with Crippen molar-refractivity contribution in [3.8, 4) is 22.5 Å². The molecule has 7 heteroatoms. The molecule has 3 nitrogen and oxygen atoms in total. The zero-order valence-corrected chi connectivity index (χ0v) is 14.0. The van der Waals surface area contributed by atoms with Crippen molar-refractivity contribution in [3.63, 3.8) is 0 Å². The van der Waals surface area contributed by atoms with Gasteiger partial charge in [-0.2, -0.15) is 18.3 Å². The lowest BCUT2D eigenvalue weighted by atomic mass is 10.1. The molecular weight excluding hydrogens is 363 g/mol. The highest BCUT2D eigenvalue weighted by molar-refractivity contribution is 6.30. The van der Waals surface area contributed by atoms with Crippen LogP contribution in [0.1, 0.15) is 5.69 Å². The monoisotopic (exact) mass is 373 g/mol. The Morgan fingerprint density at radius 3 is 2.12 bits per heavy atom. The van der Waals surface area contributed by atoms with Gasteiger partial charge in [0.2, 0.25) is 0 Å². The first-order valence-corrected chi connectivity index (χ1v) is 8.09. The molecule has 4 rings (SSSR count). The zero-order valence-electron chi connectivity index (χ0n) is 13.2. The third kappa shape index (κ3) is 3.04. The van der Waals surface area contributed by atoms with Gasteiger partial charge in [-0.1, -0.05) is 54.1 Å². The molecule has 0 aliphatic rings. The molecule has 0 aliphatic carbocycles. The minimum absolute atomic E-state index is 0.128. The minimum Gasteiger partial charge on any atom is -0.228 e. The van der Waals surface area contributed by atoms with Crippen molar-refractivity contribution in [2.75, 3.05) is 0 Å². The van der Waals surface area contributed by atoms with Crippen LogP contribution >= 0.6 is 11.6 Å². The summed E-state index contributed by atoms with van der Waals surface area (Å²) in [5, 5.41) is 4.64. The SMILES string of the molecule is FC(F)(F)c1cc(-c2ccccc2)nc2cc(-c3ccc(Cl)cc3)nn12. The molecule has 4 aromatic rings. The summed E-state index contributed by atoms with van der Waals surface area (Å²) in [5.41, 5.74) is 1.16. The predicted molar refractivity (Wildman–Crippen MR) is 93.9 cm³/mol. The van der Waals surface area contributed by atoms with Crippen LogP contribution < -0.4 is 0 Å². The summed E-state index contributed by atoms with van der Waals surface area (Å²) in [5.74, 6) is 0. The highest BCUT2D eigenvalue weighted by Gasteiger charge is 2.35. The average Bonchev–Trinajstić information content (AvgIpc) is 3.05. The van der Waals surface area contributed by atoms with Crippen molar-refractivity contribution in [2.45, 2.75) is 6.18 Å². The Morgan fingerprint density at radius 1 is 0.808 bits per heavy atom. The molecule has 0 saturated carbocycles. The maximum Gasteiger partial charge on any atom is 0.433 e. The Labute approximate surface area is 151 Å². The van der Waals surface area contributed by atoms with Crippen LogP contribution in [0.4, 0.5) is 13.2 Å². The first-order valence-electron chi connectivity index (χ1n) is 7.71. The van der Waals surface area contributed by atoms with Crippen LogP contribution in [0.2, 0.25) is 5.02 Å². The predicted octanol–water partition coefficient (Wildman–Crippen LogP) is 5.74. The molecule has 2 aromatic heterocycles. The van der Waals surface area contributed by atoms with Crippen LogP contribution in [0.5, 0.6) is 0 Å². The summed E-state index contributed by atoms with van der Waals surface area (Å²) in [6, 6.07) is 18.0. The molecule has 0 spiro atoms. The maximum atomic E-state index is 13.6. The van der Waals surface area contributed by atoms with Crippen molar-refractivity contribution >= 4 is 17.2 Å². The summed E-state index contributed by atoms with van der Waals surface area (Å²) in [7, 11) is 0. The minimum atomic E-state index is -4.56. The second kappa shape index (κ2) is 6.14. The van der Waals surface area contributed by atoms with Gasteiger partial charge >= 0.3 is 6.18 Å². The Bertz CT molecular complexity index is 1070. The van der Waals surface area contributed by atoms with Crippen LogP contribution in [0.3, 0.4) is 0 Å². The average molecular weight is 374 g/mol. The van der Waals surface area contributed by atoms with E-state index in [1.807, 2.05) is 0 Å². The Kier molecular flexibility index (Phi) is 3.92. The number of hydrogen-bond acceptors (Lipinski definition) is 2. The molecule has 2 aromatic carbocycles. The van der Waals surface area contributed by atoms with Gasteiger partial charge in [0.05, 0.1) is 11.4 Å². The number of halogens is 4. The topological polar surface area (TPSA) is 30.2 Å². The molecule has 2 heterocycles. The van der Waals surface area contributed by atoms with E-state index in [0.29, 0.717) is 21.8 Å². The van der Waals surface area contributed by atoms with E-state index >= 15 is 0 Å².